The first kappa shape index (κ1) is 41.9. The molecule has 0 unspecified atom stereocenters. The molecule has 0 saturated heterocycles. The van der Waals surface area contributed by atoms with Gasteiger partial charge in [0.2, 0.25) is 0 Å². The van der Waals surface area contributed by atoms with Crippen molar-refractivity contribution in [1.29, 1.82) is 0 Å². The zero-order valence-corrected chi connectivity index (χ0v) is 28.5. The molecule has 0 aliphatic carbocycles. The molecule has 302 valence electrons. The van der Waals surface area contributed by atoms with Crippen LogP contribution >= 0.6 is 0 Å². The molecule has 4 aromatic carbocycles. The molecule has 0 aromatic heterocycles. The Balaban J connectivity index is 0.000000215. The highest BCUT2D eigenvalue weighted by Crippen LogP contribution is 2.51. The molecular weight excluding hydrogens is 780 g/mol. The van der Waals surface area contributed by atoms with E-state index in [2.05, 4.69) is 0 Å². The highest BCUT2D eigenvalue weighted by molar-refractivity contribution is 5.63. The highest BCUT2D eigenvalue weighted by atomic mass is 19.4. The van der Waals surface area contributed by atoms with Crippen molar-refractivity contribution in [3.8, 4) is 0 Å². The van der Waals surface area contributed by atoms with Gasteiger partial charge in [-0.1, -0.05) is 48.5 Å². The van der Waals surface area contributed by atoms with Crippen LogP contribution < -0.4 is 15.5 Å². The number of alkyl halides is 12. The minimum absolute atomic E-state index is 0.0615. The predicted molar refractivity (Wildman–Crippen MR) is 178 cm³/mol. The lowest BCUT2D eigenvalue weighted by Crippen LogP contribution is -2.53. The Morgan fingerprint density at radius 2 is 0.929 bits per heavy atom. The Morgan fingerprint density at radius 3 is 1.29 bits per heavy atom. The third kappa shape index (κ3) is 7.89. The number of hydrogen-bond donors (Lipinski definition) is 3. The van der Waals surface area contributed by atoms with Crippen molar-refractivity contribution in [3.63, 3.8) is 0 Å². The van der Waals surface area contributed by atoms with Gasteiger partial charge in [-0.25, -0.2) is 0 Å². The van der Waals surface area contributed by atoms with Crippen molar-refractivity contribution in [2.45, 2.75) is 61.8 Å². The number of anilines is 3. The molecule has 4 N–H and O–H groups in total. The van der Waals surface area contributed by atoms with Crippen LogP contribution in [0.5, 0.6) is 0 Å². The SMILES string of the molecule is Nc1ccc2c(c1)CCN2Cc1ccc(C(O)(C(F)(F)F)C(F)(F)F)cc1.O=[N+]([O-])c1ccc2c(c1)CCN2Cc1ccc(C(O)(C(F)(F)F)C(F)(F)F)cc1. The number of fused-ring (bicyclic) bond motifs is 2. The second-order valence-electron chi connectivity index (χ2n) is 13.1. The minimum Gasteiger partial charge on any atom is -0.399 e. The van der Waals surface area contributed by atoms with Crippen LogP contribution in [0, 0.1) is 10.1 Å². The number of nitrogens with zero attached hydrogens (tertiary/aromatic N) is 3. The van der Waals surface area contributed by atoms with E-state index < -0.39 is 52.0 Å². The van der Waals surface area contributed by atoms with Crippen LogP contribution in [0.2, 0.25) is 0 Å². The van der Waals surface area contributed by atoms with Crippen LogP contribution in [0.1, 0.15) is 33.4 Å². The lowest BCUT2D eigenvalue weighted by Gasteiger charge is -2.32. The maximum atomic E-state index is 12.9. The van der Waals surface area contributed by atoms with Gasteiger partial charge in [-0.15, -0.1) is 0 Å². The number of halogens is 12. The Morgan fingerprint density at radius 1 is 0.571 bits per heavy atom. The largest absolute Gasteiger partial charge is 0.430 e. The summed E-state index contributed by atoms with van der Waals surface area (Å²) in [6.45, 7) is 1.65. The van der Waals surface area contributed by atoms with Gasteiger partial charge >= 0.3 is 24.7 Å². The van der Waals surface area contributed by atoms with Crippen LogP contribution in [0.15, 0.2) is 84.9 Å². The average Bonchev–Trinajstić information content (AvgIpc) is 3.69. The zero-order valence-electron chi connectivity index (χ0n) is 28.5. The molecular formula is C36H30F12N4O4. The van der Waals surface area contributed by atoms with Crippen molar-refractivity contribution in [2.24, 2.45) is 0 Å². The molecule has 0 spiro atoms. The van der Waals surface area contributed by atoms with Crippen molar-refractivity contribution in [1.82, 2.24) is 0 Å². The summed E-state index contributed by atoms with van der Waals surface area (Å²) in [4.78, 5) is 14.1. The molecule has 4 aromatic rings. The quantitative estimate of drug-likeness (QED) is 0.0742. The molecule has 20 heteroatoms. The first-order valence-corrected chi connectivity index (χ1v) is 16.3. The van der Waals surface area contributed by atoms with E-state index in [-0.39, 0.29) is 12.2 Å². The van der Waals surface area contributed by atoms with Crippen molar-refractivity contribution >= 4 is 22.7 Å². The molecule has 8 nitrogen and oxygen atoms in total. The highest BCUT2D eigenvalue weighted by Gasteiger charge is 2.72. The number of nitrogens with two attached hydrogens (primary N) is 1. The molecule has 0 atom stereocenters. The number of benzene rings is 4. The standard InChI is InChI=1S/C18H14F6N2O3.C18H16F6N2O/c19-17(20,21)16(27,18(22,23)24)13-3-1-11(2-4-13)10-25-8-7-12-9-14(26(28)29)5-6-15(12)25;19-17(20,21)16(27,18(22,23)24)13-3-1-11(2-4-13)10-26-8-7-12-9-14(25)5-6-15(12)26/h1-6,9,27H,7-8,10H2;1-6,9,27H,7-8,10,25H2. The number of aliphatic hydroxyl groups is 2. The van der Waals surface area contributed by atoms with Gasteiger partial charge in [-0.05, 0) is 59.4 Å². The minimum atomic E-state index is -5.94. The van der Waals surface area contributed by atoms with Crippen LogP contribution in [0.3, 0.4) is 0 Å². The molecule has 0 bridgehead atoms. The summed E-state index contributed by atoms with van der Waals surface area (Å²) in [5, 5.41) is 29.7. The molecule has 2 aliphatic rings. The molecule has 0 radical (unpaired) electrons. The Kier molecular flexibility index (Phi) is 11.0. The van der Waals surface area contributed by atoms with Crippen LogP contribution in [-0.4, -0.2) is 52.9 Å². The van der Waals surface area contributed by atoms with Crippen molar-refractivity contribution in [2.75, 3.05) is 28.6 Å². The van der Waals surface area contributed by atoms with E-state index in [1.807, 2.05) is 21.9 Å². The van der Waals surface area contributed by atoms with Crippen molar-refractivity contribution < 1.29 is 67.8 Å². The Bertz CT molecular complexity index is 2020. The summed E-state index contributed by atoms with van der Waals surface area (Å²) >= 11 is 0. The molecule has 2 heterocycles. The monoisotopic (exact) mass is 810 g/mol. The number of hydrogen-bond acceptors (Lipinski definition) is 7. The second-order valence-corrected chi connectivity index (χ2v) is 13.1. The van der Waals surface area contributed by atoms with Crippen molar-refractivity contribution in [3.05, 3.63) is 128 Å². The third-order valence-corrected chi connectivity index (χ3v) is 9.49. The first-order chi connectivity index (χ1) is 25.8. The number of nitro groups is 1. The van der Waals surface area contributed by atoms with E-state index in [4.69, 9.17) is 5.73 Å². The predicted octanol–water partition coefficient (Wildman–Crippen LogP) is 8.61. The average molecular weight is 811 g/mol. The van der Waals surface area contributed by atoms with Crippen LogP contribution in [-0.2, 0) is 37.1 Å². The molecule has 0 amide bonds. The van der Waals surface area contributed by atoms with E-state index >= 15 is 0 Å². The van der Waals surface area contributed by atoms with Gasteiger partial charge in [-0.3, -0.25) is 10.1 Å². The van der Waals surface area contributed by atoms with Gasteiger partial charge < -0.3 is 25.7 Å². The van der Waals surface area contributed by atoms with E-state index in [9.17, 15) is 73.0 Å². The molecule has 6 rings (SSSR count). The summed E-state index contributed by atoms with van der Waals surface area (Å²) in [5.41, 5.74) is -1.80. The summed E-state index contributed by atoms with van der Waals surface area (Å²) < 4.78 is 155. The number of rotatable bonds is 7. The van der Waals surface area contributed by atoms with E-state index in [0.717, 1.165) is 47.5 Å². The molecule has 0 saturated carbocycles. The number of nitrogen functional groups attached to an aromatic ring is 1. The van der Waals surface area contributed by atoms with Gasteiger partial charge in [0.05, 0.1) is 4.92 Å². The lowest BCUT2D eigenvalue weighted by molar-refractivity contribution is -0.384. The summed E-state index contributed by atoms with van der Waals surface area (Å²) in [6.07, 6.45) is -22.4. The van der Waals surface area contributed by atoms with E-state index in [0.29, 0.717) is 72.8 Å². The van der Waals surface area contributed by atoms with Crippen LogP contribution in [0.25, 0.3) is 0 Å². The molecule has 2 aliphatic heterocycles. The Hall–Kier alpha value is -5.24. The zero-order chi connectivity index (χ0) is 41.6. The van der Waals surface area contributed by atoms with Crippen LogP contribution in [0.4, 0.5) is 75.4 Å². The fourth-order valence-electron chi connectivity index (χ4n) is 6.51. The smallest absolute Gasteiger partial charge is 0.399 e. The number of non-ortho nitro benzene ring substituents is 1. The lowest BCUT2D eigenvalue weighted by atomic mass is 9.91. The van der Waals surface area contributed by atoms with E-state index in [1.54, 1.807) is 12.1 Å². The van der Waals surface area contributed by atoms with Gasteiger partial charge in [0.1, 0.15) is 0 Å². The summed E-state index contributed by atoms with van der Waals surface area (Å²) in [7, 11) is 0. The topological polar surface area (TPSA) is 116 Å². The van der Waals surface area contributed by atoms with Gasteiger partial charge in [0.25, 0.3) is 16.9 Å². The van der Waals surface area contributed by atoms with Gasteiger partial charge in [0, 0.05) is 66.5 Å². The third-order valence-electron chi connectivity index (χ3n) is 9.49. The maximum absolute atomic E-state index is 12.9. The molecule has 56 heavy (non-hydrogen) atoms. The van der Waals surface area contributed by atoms with E-state index in [1.165, 1.54) is 12.1 Å². The Labute approximate surface area is 309 Å². The summed E-state index contributed by atoms with van der Waals surface area (Å²) in [5.74, 6) is 0. The molecule has 0 fully saturated rings. The number of nitro benzene ring substituents is 1. The first-order valence-electron chi connectivity index (χ1n) is 16.3. The fourth-order valence-corrected chi connectivity index (χ4v) is 6.51. The van der Waals surface area contributed by atoms with Gasteiger partial charge in [0.15, 0.2) is 0 Å². The fraction of sp³-hybridized carbons (Fsp3) is 0.333. The normalized spacial score (nSPS) is 15.0. The summed E-state index contributed by atoms with van der Waals surface area (Å²) in [6, 6.07) is 16.7. The second kappa shape index (κ2) is 14.7. The van der Waals surface area contributed by atoms with Gasteiger partial charge in [-0.2, -0.15) is 52.7 Å². The maximum Gasteiger partial charge on any atom is 0.430 e.